The van der Waals surface area contributed by atoms with Gasteiger partial charge in [0.2, 0.25) is 0 Å². The molecule has 0 bridgehead atoms. The molecule has 0 N–H and O–H groups in total. The monoisotopic (exact) mass is 343 g/mol. The Morgan fingerprint density at radius 2 is 1.76 bits per heavy atom. The van der Waals surface area contributed by atoms with Gasteiger partial charge in [-0.1, -0.05) is 26.0 Å². The Morgan fingerprint density at radius 1 is 1.08 bits per heavy atom. The van der Waals surface area contributed by atoms with E-state index in [1.807, 2.05) is 13.8 Å². The van der Waals surface area contributed by atoms with Gasteiger partial charge in [0.1, 0.15) is 11.5 Å². The Bertz CT molecular complexity index is 768. The van der Waals surface area contributed by atoms with Crippen molar-refractivity contribution in [2.75, 3.05) is 14.2 Å². The normalized spacial score (nSPS) is 9.92. The smallest absolute Gasteiger partial charge is 0.276 e. The number of methoxy groups -OCH3 is 2. The highest BCUT2D eigenvalue weighted by Crippen LogP contribution is 2.25. The molecule has 0 unspecified atom stereocenters. The fraction of sp³-hybridized carbons (Fsp3) is 0.211. The number of allylic oxidation sites excluding steroid dienone is 1. The first-order valence-electron chi connectivity index (χ1n) is 7.74. The zero-order chi connectivity index (χ0) is 18.8. The topological polar surface area (TPSA) is 78.7 Å². The summed E-state index contributed by atoms with van der Waals surface area (Å²) in [7, 11) is 2.96. The van der Waals surface area contributed by atoms with Crippen molar-refractivity contribution in [3.05, 3.63) is 69.8 Å². The van der Waals surface area contributed by atoms with Gasteiger partial charge < -0.3 is 9.47 Å². The predicted molar refractivity (Wildman–Crippen MR) is 97.4 cm³/mol. The van der Waals surface area contributed by atoms with Crippen LogP contribution < -0.4 is 9.47 Å². The molecule has 2 aromatic carbocycles. The molecule has 0 aromatic heterocycles. The maximum atomic E-state index is 12.4. The minimum Gasteiger partial charge on any atom is -0.497 e. The van der Waals surface area contributed by atoms with Crippen molar-refractivity contribution in [3.63, 3.8) is 0 Å². The fourth-order valence-corrected chi connectivity index (χ4v) is 2.06. The Labute approximate surface area is 146 Å². The number of nitro groups is 1. The van der Waals surface area contributed by atoms with E-state index in [2.05, 4.69) is 0 Å². The largest absolute Gasteiger partial charge is 0.497 e. The second-order valence-corrected chi connectivity index (χ2v) is 4.58. The van der Waals surface area contributed by atoms with Gasteiger partial charge >= 0.3 is 0 Å². The van der Waals surface area contributed by atoms with Crippen LogP contribution in [-0.4, -0.2) is 24.9 Å². The average molecular weight is 343 g/mol. The van der Waals surface area contributed by atoms with Gasteiger partial charge in [0.15, 0.2) is 5.78 Å². The van der Waals surface area contributed by atoms with E-state index in [4.69, 9.17) is 9.47 Å². The van der Waals surface area contributed by atoms with Gasteiger partial charge in [-0.15, -0.1) is 0 Å². The molecule has 0 aliphatic carbocycles. The van der Waals surface area contributed by atoms with Gasteiger partial charge in [0.05, 0.1) is 30.3 Å². The van der Waals surface area contributed by atoms with Gasteiger partial charge in [-0.3, -0.25) is 14.9 Å². The molecule has 0 heterocycles. The van der Waals surface area contributed by atoms with Crippen LogP contribution in [0.1, 0.15) is 29.8 Å². The third-order valence-corrected chi connectivity index (χ3v) is 3.22. The van der Waals surface area contributed by atoms with E-state index in [1.165, 1.54) is 32.4 Å². The lowest BCUT2D eigenvalue weighted by molar-refractivity contribution is -0.385. The number of nitro benzene ring substituents is 1. The van der Waals surface area contributed by atoms with Crippen molar-refractivity contribution >= 4 is 17.5 Å². The molecule has 0 aliphatic heterocycles. The first-order valence-corrected chi connectivity index (χ1v) is 7.74. The maximum absolute atomic E-state index is 12.4. The summed E-state index contributed by atoms with van der Waals surface area (Å²) in [4.78, 5) is 22.8. The summed E-state index contributed by atoms with van der Waals surface area (Å²) < 4.78 is 10.3. The van der Waals surface area contributed by atoms with E-state index >= 15 is 0 Å². The van der Waals surface area contributed by atoms with Crippen molar-refractivity contribution in [2.45, 2.75) is 13.8 Å². The minimum atomic E-state index is -0.490. The van der Waals surface area contributed by atoms with E-state index in [0.717, 1.165) is 0 Å². The molecule has 0 radical (unpaired) electrons. The van der Waals surface area contributed by atoms with E-state index in [-0.39, 0.29) is 11.5 Å². The first kappa shape index (κ1) is 19.9. The highest BCUT2D eigenvalue weighted by atomic mass is 16.6. The zero-order valence-electron chi connectivity index (χ0n) is 14.7. The third kappa shape index (κ3) is 5.17. The third-order valence-electron chi connectivity index (χ3n) is 3.22. The fourth-order valence-electron chi connectivity index (χ4n) is 2.06. The zero-order valence-corrected chi connectivity index (χ0v) is 14.7. The number of carbonyl (C=O) groups excluding carboxylic acids is 1. The predicted octanol–water partition coefficient (Wildman–Crippen LogP) is 4.53. The van der Waals surface area contributed by atoms with Crippen LogP contribution in [0.2, 0.25) is 0 Å². The Kier molecular flexibility index (Phi) is 7.86. The van der Waals surface area contributed by atoms with Crippen molar-refractivity contribution in [2.24, 2.45) is 0 Å². The molecule has 132 valence electrons. The van der Waals surface area contributed by atoms with Crippen LogP contribution >= 0.6 is 0 Å². The van der Waals surface area contributed by atoms with Crippen LogP contribution in [0.4, 0.5) is 5.69 Å². The molecule has 0 atom stereocenters. The lowest BCUT2D eigenvalue weighted by Crippen LogP contribution is -2.00. The number of ketones is 1. The minimum absolute atomic E-state index is 0.0610. The average Bonchev–Trinajstić information content (AvgIpc) is 2.67. The summed E-state index contributed by atoms with van der Waals surface area (Å²) in [6.45, 7) is 4.00. The molecule has 0 fully saturated rings. The summed E-state index contributed by atoms with van der Waals surface area (Å²) in [5.41, 5.74) is 0.614. The second kappa shape index (κ2) is 9.87. The molecule has 25 heavy (non-hydrogen) atoms. The lowest BCUT2D eigenvalue weighted by atomic mass is 10.1. The Balaban J connectivity index is 0.00000151. The van der Waals surface area contributed by atoms with Crippen LogP contribution in [0.5, 0.6) is 11.5 Å². The molecule has 0 spiro atoms. The number of hydrogen-bond donors (Lipinski definition) is 0. The Morgan fingerprint density at radius 3 is 2.36 bits per heavy atom. The van der Waals surface area contributed by atoms with E-state index < -0.39 is 4.92 Å². The van der Waals surface area contributed by atoms with Gasteiger partial charge in [-0.25, -0.2) is 0 Å². The summed E-state index contributed by atoms with van der Waals surface area (Å²) in [6.07, 6.45) is 2.69. The first-order chi connectivity index (χ1) is 12.1. The van der Waals surface area contributed by atoms with E-state index in [0.29, 0.717) is 22.6 Å². The highest BCUT2D eigenvalue weighted by Gasteiger charge is 2.13. The van der Waals surface area contributed by atoms with Gasteiger partial charge in [-0.2, -0.15) is 0 Å². The van der Waals surface area contributed by atoms with Gasteiger partial charge in [-0.05, 0) is 36.4 Å². The molecule has 2 aromatic rings. The van der Waals surface area contributed by atoms with Crippen molar-refractivity contribution in [1.82, 2.24) is 0 Å². The van der Waals surface area contributed by atoms with Crippen molar-refractivity contribution in [1.29, 1.82) is 0 Å². The summed E-state index contributed by atoms with van der Waals surface area (Å²) in [5.74, 6) is 0.593. The van der Waals surface area contributed by atoms with E-state index in [1.54, 1.807) is 36.4 Å². The van der Waals surface area contributed by atoms with Crippen molar-refractivity contribution in [3.8, 4) is 11.5 Å². The molecule has 6 nitrogen and oxygen atoms in total. The van der Waals surface area contributed by atoms with E-state index in [9.17, 15) is 14.9 Å². The summed E-state index contributed by atoms with van der Waals surface area (Å²) in [6, 6.07) is 11.1. The van der Waals surface area contributed by atoms with Gasteiger partial charge in [0.25, 0.3) is 5.69 Å². The number of ether oxygens (including phenoxy) is 2. The van der Waals surface area contributed by atoms with Crippen LogP contribution in [0, 0.1) is 10.1 Å². The Hall–Kier alpha value is -3.15. The number of nitrogens with zero attached hydrogens (tertiary/aromatic N) is 1. The van der Waals surface area contributed by atoms with Gasteiger partial charge in [0, 0.05) is 6.07 Å². The molecule has 0 aliphatic rings. The van der Waals surface area contributed by atoms with Crippen LogP contribution in [0.25, 0.3) is 6.08 Å². The summed E-state index contributed by atoms with van der Waals surface area (Å²) in [5, 5.41) is 11.0. The van der Waals surface area contributed by atoms with Crippen LogP contribution in [-0.2, 0) is 0 Å². The van der Waals surface area contributed by atoms with Crippen LogP contribution in [0.3, 0.4) is 0 Å². The number of hydrogen-bond acceptors (Lipinski definition) is 5. The number of benzene rings is 2. The standard InChI is InChI=1S/C17H15NO5.C2H6/c1-22-13-8-10-17(23-2)14(11-13)16(19)9-7-12-5-3-4-6-15(12)18(20)21;1-2/h3-11H,1-2H3;1-2H3/b9-7+;. The molecule has 0 saturated carbocycles. The second-order valence-electron chi connectivity index (χ2n) is 4.58. The maximum Gasteiger partial charge on any atom is 0.276 e. The molecule has 2 rings (SSSR count). The number of rotatable bonds is 6. The molecule has 0 amide bonds. The molecule has 6 heteroatoms. The molecular weight excluding hydrogens is 322 g/mol. The molecular formula is C19H21NO5. The summed E-state index contributed by atoms with van der Waals surface area (Å²) >= 11 is 0. The molecule has 0 saturated heterocycles. The quantitative estimate of drug-likeness (QED) is 0.333. The SMILES string of the molecule is CC.COc1ccc(OC)c(C(=O)/C=C/c2ccccc2[N+](=O)[O-])c1. The number of carbonyl (C=O) groups is 1. The number of para-hydroxylation sites is 1. The van der Waals surface area contributed by atoms with Crippen LogP contribution in [0.15, 0.2) is 48.5 Å². The lowest BCUT2D eigenvalue weighted by Gasteiger charge is -2.07. The highest BCUT2D eigenvalue weighted by molar-refractivity contribution is 6.09. The van der Waals surface area contributed by atoms with Crippen molar-refractivity contribution < 1.29 is 19.2 Å².